The molecule has 12 heavy (non-hydrogen) atoms. The van der Waals surface area contributed by atoms with Gasteiger partial charge >= 0.3 is 0 Å². The highest BCUT2D eigenvalue weighted by Gasteiger charge is 2.37. The van der Waals surface area contributed by atoms with Crippen molar-refractivity contribution in [3.8, 4) is 0 Å². The Morgan fingerprint density at radius 2 is 2.00 bits per heavy atom. The average Bonchev–Trinajstić information content (AvgIpc) is 2.09. The van der Waals surface area contributed by atoms with E-state index in [4.69, 9.17) is 14.2 Å². The molecule has 1 saturated heterocycles. The van der Waals surface area contributed by atoms with E-state index in [1.165, 1.54) is 0 Å². The number of hydrogen-bond donors (Lipinski definition) is 1. The molecule has 0 aliphatic carbocycles. The summed E-state index contributed by atoms with van der Waals surface area (Å²) in [5.74, 6) is 0. The van der Waals surface area contributed by atoms with E-state index < -0.39 is 6.10 Å². The maximum atomic E-state index is 9.61. The van der Waals surface area contributed by atoms with Gasteiger partial charge in [0.2, 0.25) is 0 Å². The highest BCUT2D eigenvalue weighted by molar-refractivity contribution is 4.86. The third-order valence-electron chi connectivity index (χ3n) is 2.28. The maximum absolute atomic E-state index is 9.61. The molecule has 0 aromatic heterocycles. The Bertz CT molecular complexity index is 137. The molecule has 0 amide bonds. The summed E-state index contributed by atoms with van der Waals surface area (Å²) in [6.07, 6.45) is -1.23. The molecule has 0 spiro atoms. The topological polar surface area (TPSA) is 47.9 Å². The minimum absolute atomic E-state index is 0.166. The molecule has 1 aliphatic rings. The van der Waals surface area contributed by atoms with Crippen LogP contribution in [0.15, 0.2) is 0 Å². The van der Waals surface area contributed by atoms with E-state index in [2.05, 4.69) is 0 Å². The summed E-state index contributed by atoms with van der Waals surface area (Å²) in [7, 11) is 3.15. The van der Waals surface area contributed by atoms with E-state index in [-0.39, 0.29) is 18.3 Å². The molecule has 0 unspecified atom stereocenters. The van der Waals surface area contributed by atoms with Gasteiger partial charge in [0.25, 0.3) is 0 Å². The Labute approximate surface area is 72.4 Å². The van der Waals surface area contributed by atoms with Gasteiger partial charge in [-0.2, -0.15) is 0 Å². The van der Waals surface area contributed by atoms with Crippen LogP contribution in [0.2, 0.25) is 0 Å². The number of aliphatic hydroxyl groups excluding tert-OH is 1. The first-order chi connectivity index (χ1) is 5.70. The van der Waals surface area contributed by atoms with E-state index >= 15 is 0 Å². The van der Waals surface area contributed by atoms with Gasteiger partial charge in [-0.3, -0.25) is 0 Å². The van der Waals surface area contributed by atoms with Crippen LogP contribution in [0.4, 0.5) is 0 Å². The standard InChI is InChI=1S/C8H16O4/c1-5-7(9)8(11-3)6(10-2)4-12-5/h5-9H,4H2,1-3H3/t5-,6+,7-,8-/m0/s1. The summed E-state index contributed by atoms with van der Waals surface area (Å²) in [5, 5.41) is 9.61. The molecule has 0 aromatic carbocycles. The van der Waals surface area contributed by atoms with Crippen LogP contribution in [0, 0.1) is 0 Å². The van der Waals surface area contributed by atoms with Gasteiger partial charge in [0.05, 0.1) is 12.7 Å². The zero-order chi connectivity index (χ0) is 9.14. The zero-order valence-electron chi connectivity index (χ0n) is 7.69. The fourth-order valence-electron chi connectivity index (χ4n) is 1.42. The monoisotopic (exact) mass is 176 g/mol. The predicted molar refractivity (Wildman–Crippen MR) is 43.0 cm³/mol. The SMILES string of the molecule is CO[C@@H]1[C@@H](O)[C@H](C)OC[C@H]1OC. The van der Waals surface area contributed by atoms with Gasteiger partial charge in [-0.05, 0) is 6.92 Å². The van der Waals surface area contributed by atoms with Gasteiger partial charge in [0.1, 0.15) is 18.3 Å². The Morgan fingerprint density at radius 1 is 1.33 bits per heavy atom. The molecule has 0 aromatic rings. The van der Waals surface area contributed by atoms with Crippen LogP contribution < -0.4 is 0 Å². The minimum Gasteiger partial charge on any atom is -0.388 e. The molecule has 0 radical (unpaired) electrons. The second-order valence-corrected chi connectivity index (χ2v) is 3.00. The molecule has 0 bridgehead atoms. The first-order valence-corrected chi connectivity index (χ1v) is 4.06. The Morgan fingerprint density at radius 3 is 2.50 bits per heavy atom. The molecular formula is C8H16O4. The quantitative estimate of drug-likeness (QED) is 0.632. The van der Waals surface area contributed by atoms with E-state index in [9.17, 15) is 5.11 Å². The number of hydrogen-bond acceptors (Lipinski definition) is 4. The van der Waals surface area contributed by atoms with Gasteiger partial charge in [0, 0.05) is 14.2 Å². The lowest BCUT2D eigenvalue weighted by molar-refractivity contribution is -0.198. The van der Waals surface area contributed by atoms with Crippen LogP contribution in [0.1, 0.15) is 6.92 Å². The Hall–Kier alpha value is -0.160. The largest absolute Gasteiger partial charge is 0.388 e. The van der Waals surface area contributed by atoms with Crippen molar-refractivity contribution in [1.29, 1.82) is 0 Å². The first-order valence-electron chi connectivity index (χ1n) is 4.06. The molecule has 1 N–H and O–H groups in total. The molecule has 0 saturated carbocycles. The summed E-state index contributed by atoms with van der Waals surface area (Å²) in [4.78, 5) is 0. The summed E-state index contributed by atoms with van der Waals surface area (Å²) in [5.41, 5.74) is 0. The molecule has 1 rings (SSSR count). The van der Waals surface area contributed by atoms with Crippen molar-refractivity contribution in [3.05, 3.63) is 0 Å². The first kappa shape index (κ1) is 9.92. The van der Waals surface area contributed by atoms with Gasteiger partial charge in [0.15, 0.2) is 0 Å². The maximum Gasteiger partial charge on any atom is 0.114 e. The second-order valence-electron chi connectivity index (χ2n) is 3.00. The molecule has 4 atom stereocenters. The minimum atomic E-state index is -0.603. The highest BCUT2D eigenvalue weighted by Crippen LogP contribution is 2.19. The van der Waals surface area contributed by atoms with Gasteiger partial charge in [-0.1, -0.05) is 0 Å². The van der Waals surface area contributed by atoms with E-state index in [1.807, 2.05) is 6.92 Å². The smallest absolute Gasteiger partial charge is 0.114 e. The van der Waals surface area contributed by atoms with Gasteiger partial charge < -0.3 is 19.3 Å². The van der Waals surface area contributed by atoms with Crippen molar-refractivity contribution in [2.75, 3.05) is 20.8 Å². The summed E-state index contributed by atoms with van der Waals surface area (Å²) in [6, 6.07) is 0. The van der Waals surface area contributed by atoms with E-state index in [0.717, 1.165) is 0 Å². The number of rotatable bonds is 2. The lowest BCUT2D eigenvalue weighted by Gasteiger charge is -2.37. The number of ether oxygens (including phenoxy) is 3. The Kier molecular flexibility index (Phi) is 3.46. The zero-order valence-corrected chi connectivity index (χ0v) is 7.69. The van der Waals surface area contributed by atoms with Crippen LogP contribution in [0.5, 0.6) is 0 Å². The van der Waals surface area contributed by atoms with Crippen molar-refractivity contribution in [3.63, 3.8) is 0 Å². The molecule has 1 heterocycles. The van der Waals surface area contributed by atoms with Crippen LogP contribution in [-0.2, 0) is 14.2 Å². The molecular weight excluding hydrogens is 160 g/mol. The third-order valence-corrected chi connectivity index (χ3v) is 2.28. The molecule has 1 fully saturated rings. The Balaban J connectivity index is 2.58. The average molecular weight is 176 g/mol. The van der Waals surface area contributed by atoms with E-state index in [1.54, 1.807) is 14.2 Å². The van der Waals surface area contributed by atoms with Crippen LogP contribution in [-0.4, -0.2) is 50.3 Å². The normalized spacial score (nSPS) is 43.0. The fourth-order valence-corrected chi connectivity index (χ4v) is 1.42. The fraction of sp³-hybridized carbons (Fsp3) is 1.00. The van der Waals surface area contributed by atoms with Crippen LogP contribution >= 0.6 is 0 Å². The van der Waals surface area contributed by atoms with Crippen molar-refractivity contribution in [2.24, 2.45) is 0 Å². The predicted octanol–water partition coefficient (Wildman–Crippen LogP) is -0.204. The van der Waals surface area contributed by atoms with Crippen molar-refractivity contribution in [1.82, 2.24) is 0 Å². The van der Waals surface area contributed by atoms with Gasteiger partial charge in [-0.15, -0.1) is 0 Å². The summed E-state index contributed by atoms with van der Waals surface area (Å²) >= 11 is 0. The van der Waals surface area contributed by atoms with Crippen LogP contribution in [0.3, 0.4) is 0 Å². The number of aliphatic hydroxyl groups is 1. The lowest BCUT2D eigenvalue weighted by Crippen LogP contribution is -2.53. The van der Waals surface area contributed by atoms with Crippen molar-refractivity contribution in [2.45, 2.75) is 31.3 Å². The van der Waals surface area contributed by atoms with Crippen LogP contribution in [0.25, 0.3) is 0 Å². The van der Waals surface area contributed by atoms with Crippen molar-refractivity contribution >= 4 is 0 Å². The lowest BCUT2D eigenvalue weighted by atomic mass is 10.0. The summed E-state index contributed by atoms with van der Waals surface area (Å²) < 4.78 is 15.5. The summed E-state index contributed by atoms with van der Waals surface area (Å²) in [6.45, 7) is 2.30. The van der Waals surface area contributed by atoms with Gasteiger partial charge in [-0.25, -0.2) is 0 Å². The highest BCUT2D eigenvalue weighted by atomic mass is 16.6. The number of methoxy groups -OCH3 is 2. The molecule has 72 valence electrons. The molecule has 4 nitrogen and oxygen atoms in total. The second kappa shape index (κ2) is 4.18. The van der Waals surface area contributed by atoms with E-state index in [0.29, 0.717) is 6.61 Å². The van der Waals surface area contributed by atoms with Crippen molar-refractivity contribution < 1.29 is 19.3 Å². The molecule has 1 aliphatic heterocycles. The third kappa shape index (κ3) is 1.77. The molecule has 4 heteroatoms.